The number of nitrogens with one attached hydrogen (secondary N) is 1. The second-order valence-electron chi connectivity index (χ2n) is 2.30. The first-order valence-corrected chi connectivity index (χ1v) is 3.70. The summed E-state index contributed by atoms with van der Waals surface area (Å²) in [6.45, 7) is 5.16. The minimum absolute atomic E-state index is 0.692. The molecule has 1 rings (SSSR count). The van der Waals surface area contributed by atoms with Crippen molar-refractivity contribution in [2.24, 2.45) is 5.73 Å². The summed E-state index contributed by atoms with van der Waals surface area (Å²) >= 11 is 0. The van der Waals surface area contributed by atoms with E-state index in [4.69, 9.17) is 10.5 Å². The molecule has 0 radical (unpaired) electrons. The lowest BCUT2D eigenvalue weighted by atomic mass is 10.5. The van der Waals surface area contributed by atoms with Gasteiger partial charge in [-0.3, -0.25) is 5.43 Å². The van der Waals surface area contributed by atoms with E-state index in [0.717, 1.165) is 32.8 Å². The summed E-state index contributed by atoms with van der Waals surface area (Å²) in [7, 11) is 0. The molecule has 0 atom stereocenters. The number of hydrogen-bond donors (Lipinski definition) is 2. The molecule has 0 saturated carbocycles. The maximum atomic E-state index is 5.33. The van der Waals surface area contributed by atoms with E-state index < -0.39 is 0 Å². The predicted octanol–water partition coefficient (Wildman–Crippen LogP) is -1.22. The molecule has 60 valence electrons. The molecule has 0 amide bonds. The average molecular weight is 145 g/mol. The van der Waals surface area contributed by atoms with Crippen molar-refractivity contribution < 1.29 is 4.74 Å². The zero-order chi connectivity index (χ0) is 7.23. The Morgan fingerprint density at radius 1 is 1.40 bits per heavy atom. The summed E-state index contributed by atoms with van der Waals surface area (Å²) in [5.41, 5.74) is 8.52. The molecule has 1 heterocycles. The number of morpholine rings is 1. The Balaban J connectivity index is 2.02. The van der Waals surface area contributed by atoms with Crippen molar-refractivity contribution in [1.29, 1.82) is 0 Å². The number of hydrazine groups is 1. The summed E-state index contributed by atoms with van der Waals surface area (Å²) in [4.78, 5) is 0. The van der Waals surface area contributed by atoms with Gasteiger partial charge < -0.3 is 10.5 Å². The Kier molecular flexibility index (Phi) is 3.67. The van der Waals surface area contributed by atoms with E-state index >= 15 is 0 Å². The highest BCUT2D eigenvalue weighted by Gasteiger charge is 2.07. The number of nitrogens with zero attached hydrogens (tertiary/aromatic N) is 1. The topological polar surface area (TPSA) is 50.5 Å². The normalized spacial score (nSPS) is 21.3. The number of nitrogens with two attached hydrogens (primary N) is 1. The van der Waals surface area contributed by atoms with E-state index in [9.17, 15) is 0 Å². The Morgan fingerprint density at radius 2 is 2.10 bits per heavy atom. The molecule has 0 spiro atoms. The lowest BCUT2D eigenvalue weighted by Crippen LogP contribution is -2.47. The summed E-state index contributed by atoms with van der Waals surface area (Å²) in [5.74, 6) is 0. The molecule has 0 aromatic heterocycles. The fraction of sp³-hybridized carbons (Fsp3) is 1.00. The lowest BCUT2D eigenvalue weighted by molar-refractivity contribution is 0.0127. The molecule has 0 unspecified atom stereocenters. The largest absolute Gasteiger partial charge is 0.379 e. The molecular formula is C6H15N3O. The van der Waals surface area contributed by atoms with Crippen LogP contribution in [0.1, 0.15) is 0 Å². The monoisotopic (exact) mass is 145 g/mol. The fourth-order valence-corrected chi connectivity index (χ4v) is 0.944. The van der Waals surface area contributed by atoms with Gasteiger partial charge in [-0.25, -0.2) is 5.01 Å². The highest BCUT2D eigenvalue weighted by Crippen LogP contribution is 1.90. The molecule has 4 heteroatoms. The molecule has 1 saturated heterocycles. The van der Waals surface area contributed by atoms with Crippen LogP contribution in [0.5, 0.6) is 0 Å². The summed E-state index contributed by atoms with van der Waals surface area (Å²) < 4.78 is 5.17. The summed E-state index contributed by atoms with van der Waals surface area (Å²) in [5, 5.41) is 2.15. The maximum absolute atomic E-state index is 5.33. The van der Waals surface area contributed by atoms with Gasteiger partial charge in [-0.1, -0.05) is 0 Å². The Hall–Kier alpha value is -0.160. The van der Waals surface area contributed by atoms with Gasteiger partial charge in [0, 0.05) is 26.2 Å². The van der Waals surface area contributed by atoms with Crippen LogP contribution in [0.15, 0.2) is 0 Å². The van der Waals surface area contributed by atoms with E-state index in [1.807, 2.05) is 0 Å². The predicted molar refractivity (Wildman–Crippen MR) is 39.4 cm³/mol. The summed E-state index contributed by atoms with van der Waals surface area (Å²) in [6, 6.07) is 0. The van der Waals surface area contributed by atoms with E-state index in [1.54, 1.807) is 0 Å². The van der Waals surface area contributed by atoms with Crippen molar-refractivity contribution in [2.45, 2.75) is 0 Å². The Labute approximate surface area is 61.3 Å². The van der Waals surface area contributed by atoms with Gasteiger partial charge in [0.1, 0.15) is 0 Å². The van der Waals surface area contributed by atoms with Gasteiger partial charge in [0.25, 0.3) is 0 Å². The van der Waals surface area contributed by atoms with E-state index in [1.165, 1.54) is 0 Å². The second kappa shape index (κ2) is 4.62. The first-order chi connectivity index (χ1) is 4.93. The van der Waals surface area contributed by atoms with Gasteiger partial charge in [0.15, 0.2) is 0 Å². The zero-order valence-electron chi connectivity index (χ0n) is 6.18. The zero-order valence-corrected chi connectivity index (χ0v) is 6.18. The standard InChI is InChI=1S/C6H15N3O/c7-1-2-8-9-3-5-10-6-4-9/h8H,1-7H2. The van der Waals surface area contributed by atoms with Crippen LogP contribution in [-0.2, 0) is 4.74 Å². The van der Waals surface area contributed by atoms with E-state index in [0.29, 0.717) is 6.54 Å². The molecule has 0 aromatic carbocycles. The van der Waals surface area contributed by atoms with Crippen LogP contribution in [0.4, 0.5) is 0 Å². The van der Waals surface area contributed by atoms with Crippen LogP contribution in [0, 0.1) is 0 Å². The van der Waals surface area contributed by atoms with Gasteiger partial charge in [-0.2, -0.15) is 0 Å². The van der Waals surface area contributed by atoms with Crippen molar-refractivity contribution in [3.05, 3.63) is 0 Å². The van der Waals surface area contributed by atoms with Crippen molar-refractivity contribution in [3.63, 3.8) is 0 Å². The SMILES string of the molecule is NCCNN1CCOCC1. The second-order valence-corrected chi connectivity index (χ2v) is 2.30. The Morgan fingerprint density at radius 3 is 2.70 bits per heavy atom. The van der Waals surface area contributed by atoms with Crippen LogP contribution >= 0.6 is 0 Å². The lowest BCUT2D eigenvalue weighted by Gasteiger charge is -2.26. The molecule has 0 bridgehead atoms. The highest BCUT2D eigenvalue weighted by molar-refractivity contribution is 4.56. The van der Waals surface area contributed by atoms with E-state index in [-0.39, 0.29) is 0 Å². The third kappa shape index (κ3) is 2.62. The number of ether oxygens (including phenoxy) is 1. The van der Waals surface area contributed by atoms with Crippen LogP contribution in [0.3, 0.4) is 0 Å². The first kappa shape index (κ1) is 7.94. The fourth-order valence-electron chi connectivity index (χ4n) is 0.944. The van der Waals surface area contributed by atoms with Crippen LogP contribution in [-0.4, -0.2) is 44.4 Å². The van der Waals surface area contributed by atoms with Gasteiger partial charge in [0.2, 0.25) is 0 Å². The summed E-state index contributed by atoms with van der Waals surface area (Å²) in [6.07, 6.45) is 0. The molecule has 1 aliphatic heterocycles. The van der Waals surface area contributed by atoms with Gasteiger partial charge >= 0.3 is 0 Å². The molecule has 3 N–H and O–H groups in total. The smallest absolute Gasteiger partial charge is 0.0608 e. The molecule has 1 aliphatic rings. The van der Waals surface area contributed by atoms with Crippen molar-refractivity contribution >= 4 is 0 Å². The number of hydrogen-bond acceptors (Lipinski definition) is 4. The molecule has 10 heavy (non-hydrogen) atoms. The van der Waals surface area contributed by atoms with Crippen LogP contribution in [0.25, 0.3) is 0 Å². The third-order valence-corrected chi connectivity index (χ3v) is 1.49. The highest BCUT2D eigenvalue weighted by atomic mass is 16.5. The average Bonchev–Trinajstić information content (AvgIpc) is 2.03. The third-order valence-electron chi connectivity index (χ3n) is 1.49. The van der Waals surface area contributed by atoms with Crippen molar-refractivity contribution in [1.82, 2.24) is 10.4 Å². The van der Waals surface area contributed by atoms with Crippen LogP contribution in [0.2, 0.25) is 0 Å². The Bertz CT molecular complexity index is 83.1. The first-order valence-electron chi connectivity index (χ1n) is 3.70. The van der Waals surface area contributed by atoms with Gasteiger partial charge in [-0.15, -0.1) is 0 Å². The minimum atomic E-state index is 0.692. The molecule has 1 fully saturated rings. The van der Waals surface area contributed by atoms with E-state index in [2.05, 4.69) is 10.4 Å². The van der Waals surface area contributed by atoms with Gasteiger partial charge in [0.05, 0.1) is 13.2 Å². The van der Waals surface area contributed by atoms with Crippen molar-refractivity contribution in [2.75, 3.05) is 39.4 Å². The molecule has 0 aliphatic carbocycles. The maximum Gasteiger partial charge on any atom is 0.0608 e. The molecule has 0 aromatic rings. The number of rotatable bonds is 3. The quantitative estimate of drug-likeness (QED) is 0.523. The van der Waals surface area contributed by atoms with Crippen LogP contribution < -0.4 is 11.2 Å². The molecule has 4 nitrogen and oxygen atoms in total. The molecular weight excluding hydrogens is 130 g/mol. The van der Waals surface area contributed by atoms with Gasteiger partial charge in [-0.05, 0) is 0 Å². The van der Waals surface area contributed by atoms with Crippen molar-refractivity contribution in [3.8, 4) is 0 Å². The minimum Gasteiger partial charge on any atom is -0.379 e.